The highest BCUT2D eigenvalue weighted by molar-refractivity contribution is 9.50. The number of benzene rings is 1. The van der Waals surface area contributed by atoms with Gasteiger partial charge in [-0.05, 0) is 49.3 Å². The van der Waals surface area contributed by atoms with Crippen LogP contribution in [0, 0.1) is 0 Å². The Bertz CT molecular complexity index is 286. The quantitative estimate of drug-likeness (QED) is 0.816. The molecule has 13 heavy (non-hydrogen) atoms. The van der Waals surface area contributed by atoms with Crippen LogP contribution in [0.1, 0.15) is 0 Å². The molecule has 0 fully saturated rings. The molecule has 0 aliphatic carbocycles. The normalized spacial score (nSPS) is 9.69. The number of halogens is 2. The fourth-order valence-electron chi connectivity index (χ4n) is 0.749. The first kappa shape index (κ1) is 11.0. The van der Waals surface area contributed by atoms with Crippen molar-refractivity contribution in [1.82, 2.24) is 0 Å². The third kappa shape index (κ3) is 4.07. The first-order valence-electron chi connectivity index (χ1n) is 3.57. The molecule has 70 valence electrons. The van der Waals surface area contributed by atoms with Crippen LogP contribution in [0.4, 0.5) is 0 Å². The Morgan fingerprint density at radius 2 is 2.08 bits per heavy atom. The number of ether oxygens (including phenoxy) is 1. The fraction of sp³-hybridized carbons (Fsp3) is 0.111. The first-order valence-corrected chi connectivity index (χ1v) is 6.61. The Labute approximate surface area is 94.3 Å². The average Bonchev–Trinajstić information content (AvgIpc) is 2.15. The van der Waals surface area contributed by atoms with Gasteiger partial charge in [-0.25, -0.2) is 0 Å². The van der Waals surface area contributed by atoms with Gasteiger partial charge in [0.1, 0.15) is 12.4 Å². The van der Waals surface area contributed by atoms with Gasteiger partial charge in [-0.2, -0.15) is 0 Å². The van der Waals surface area contributed by atoms with Crippen LogP contribution in [0.5, 0.6) is 5.75 Å². The summed E-state index contributed by atoms with van der Waals surface area (Å²) in [6.07, 6.45) is 0. The lowest BCUT2D eigenvalue weighted by Gasteiger charge is -2.04. The van der Waals surface area contributed by atoms with E-state index in [-0.39, 0.29) is 0 Å². The van der Waals surface area contributed by atoms with E-state index in [4.69, 9.17) is 16.3 Å². The van der Waals surface area contributed by atoms with Crippen molar-refractivity contribution in [3.63, 3.8) is 0 Å². The molecule has 1 aromatic rings. The smallest absolute Gasteiger partial charge is 0.123 e. The topological polar surface area (TPSA) is 9.23 Å². The van der Waals surface area contributed by atoms with Crippen LogP contribution >= 0.6 is 36.6 Å². The standard InChI is InChI=1S/C9H8BrClOS/c1-7(11)6-12-8-2-4-9(13-10)5-3-8/h2-5H,1,6H2. The van der Waals surface area contributed by atoms with Crippen LogP contribution in [0.25, 0.3) is 0 Å². The molecule has 4 heteroatoms. The van der Waals surface area contributed by atoms with E-state index in [1.165, 1.54) is 10.2 Å². The van der Waals surface area contributed by atoms with E-state index >= 15 is 0 Å². The molecule has 0 aliphatic rings. The van der Waals surface area contributed by atoms with E-state index in [9.17, 15) is 0 Å². The lowest BCUT2D eigenvalue weighted by molar-refractivity contribution is 0.359. The molecule has 1 aromatic carbocycles. The van der Waals surface area contributed by atoms with E-state index in [2.05, 4.69) is 21.4 Å². The number of hydrogen-bond acceptors (Lipinski definition) is 2. The molecule has 0 N–H and O–H groups in total. The van der Waals surface area contributed by atoms with Crippen molar-refractivity contribution < 1.29 is 4.74 Å². The van der Waals surface area contributed by atoms with Crippen molar-refractivity contribution in [2.75, 3.05) is 6.61 Å². The minimum Gasteiger partial charge on any atom is -0.488 e. The van der Waals surface area contributed by atoms with Crippen LogP contribution < -0.4 is 4.74 Å². The zero-order chi connectivity index (χ0) is 9.68. The van der Waals surface area contributed by atoms with Crippen LogP contribution in [-0.4, -0.2) is 6.61 Å². The predicted octanol–water partition coefficient (Wildman–Crippen LogP) is 4.22. The van der Waals surface area contributed by atoms with Crippen LogP contribution in [0.15, 0.2) is 40.8 Å². The van der Waals surface area contributed by atoms with Gasteiger partial charge >= 0.3 is 0 Å². The molecular formula is C9H8BrClOS. The Balaban J connectivity index is 2.54. The van der Waals surface area contributed by atoms with E-state index in [1.807, 2.05) is 24.3 Å². The zero-order valence-corrected chi connectivity index (χ0v) is 9.95. The second-order valence-electron chi connectivity index (χ2n) is 2.35. The third-order valence-corrected chi connectivity index (χ3v) is 2.99. The Hall–Kier alpha value is -0.120. The second-order valence-corrected chi connectivity index (χ2v) is 4.49. The molecule has 0 radical (unpaired) electrons. The zero-order valence-electron chi connectivity index (χ0n) is 6.80. The van der Waals surface area contributed by atoms with Gasteiger partial charge in [0, 0.05) is 9.93 Å². The summed E-state index contributed by atoms with van der Waals surface area (Å²) in [5, 5.41) is 0.499. The summed E-state index contributed by atoms with van der Waals surface area (Å²) in [4.78, 5) is 1.14. The van der Waals surface area contributed by atoms with Crippen molar-refractivity contribution in [3.8, 4) is 5.75 Å². The van der Waals surface area contributed by atoms with Gasteiger partial charge in [0.25, 0.3) is 0 Å². The number of rotatable bonds is 4. The first-order chi connectivity index (χ1) is 6.22. The minimum absolute atomic E-state index is 0.350. The SMILES string of the molecule is C=C(Cl)COc1ccc(SBr)cc1. The molecule has 0 unspecified atom stereocenters. The van der Waals surface area contributed by atoms with Crippen molar-refractivity contribution in [1.29, 1.82) is 0 Å². The molecular weight excluding hydrogens is 272 g/mol. The molecule has 0 bridgehead atoms. The van der Waals surface area contributed by atoms with Gasteiger partial charge in [-0.3, -0.25) is 0 Å². The van der Waals surface area contributed by atoms with Crippen LogP contribution in [0.3, 0.4) is 0 Å². The summed E-state index contributed by atoms with van der Waals surface area (Å²) in [5.41, 5.74) is 0. The Kier molecular flexibility index (Phi) is 4.70. The second kappa shape index (κ2) is 5.58. The molecule has 0 aromatic heterocycles. The van der Waals surface area contributed by atoms with Gasteiger partial charge in [0.2, 0.25) is 0 Å². The summed E-state index contributed by atoms with van der Waals surface area (Å²) < 4.78 is 5.31. The molecule has 0 heterocycles. The molecule has 0 aliphatic heterocycles. The van der Waals surface area contributed by atoms with Gasteiger partial charge < -0.3 is 4.74 Å². The largest absolute Gasteiger partial charge is 0.488 e. The van der Waals surface area contributed by atoms with Crippen molar-refractivity contribution >= 4 is 36.6 Å². The molecule has 1 rings (SSSR count). The highest BCUT2D eigenvalue weighted by atomic mass is 79.9. The van der Waals surface area contributed by atoms with Crippen molar-refractivity contribution in [2.24, 2.45) is 0 Å². The molecule has 0 spiro atoms. The van der Waals surface area contributed by atoms with Gasteiger partial charge in [-0.15, -0.1) is 0 Å². The monoisotopic (exact) mass is 278 g/mol. The summed E-state index contributed by atoms with van der Waals surface area (Å²) in [6.45, 7) is 3.88. The Morgan fingerprint density at radius 1 is 1.46 bits per heavy atom. The highest BCUT2D eigenvalue weighted by Crippen LogP contribution is 2.26. The maximum Gasteiger partial charge on any atom is 0.123 e. The van der Waals surface area contributed by atoms with Gasteiger partial charge in [0.05, 0.1) is 0 Å². The number of hydrogen-bond donors (Lipinski definition) is 0. The summed E-state index contributed by atoms with van der Waals surface area (Å²) in [5.74, 6) is 0.798. The average molecular weight is 280 g/mol. The van der Waals surface area contributed by atoms with Gasteiger partial charge in [-0.1, -0.05) is 18.2 Å². The van der Waals surface area contributed by atoms with Crippen LogP contribution in [0.2, 0.25) is 0 Å². The molecule has 0 saturated heterocycles. The summed E-state index contributed by atoms with van der Waals surface area (Å²) in [6, 6.07) is 7.71. The van der Waals surface area contributed by atoms with Crippen molar-refractivity contribution in [3.05, 3.63) is 35.9 Å². The molecule has 0 amide bonds. The summed E-state index contributed by atoms with van der Waals surface area (Å²) in [7, 11) is 1.52. The fourth-order valence-corrected chi connectivity index (χ4v) is 1.69. The van der Waals surface area contributed by atoms with Gasteiger partial charge in [0.15, 0.2) is 0 Å². The van der Waals surface area contributed by atoms with E-state index < -0.39 is 0 Å². The van der Waals surface area contributed by atoms with E-state index in [0.29, 0.717) is 11.6 Å². The molecule has 1 nitrogen and oxygen atoms in total. The Morgan fingerprint density at radius 3 is 2.54 bits per heavy atom. The third-order valence-electron chi connectivity index (χ3n) is 1.31. The molecule has 0 atom stereocenters. The minimum atomic E-state index is 0.350. The van der Waals surface area contributed by atoms with E-state index in [1.54, 1.807) is 0 Å². The van der Waals surface area contributed by atoms with E-state index in [0.717, 1.165) is 10.6 Å². The van der Waals surface area contributed by atoms with Crippen LogP contribution in [-0.2, 0) is 0 Å². The highest BCUT2D eigenvalue weighted by Gasteiger charge is 1.95. The maximum absolute atomic E-state index is 5.56. The molecule has 0 saturated carbocycles. The van der Waals surface area contributed by atoms with Crippen molar-refractivity contribution in [2.45, 2.75) is 4.90 Å². The lowest BCUT2D eigenvalue weighted by atomic mass is 10.3. The maximum atomic E-state index is 5.56. The predicted molar refractivity (Wildman–Crippen MR) is 61.7 cm³/mol. The summed E-state index contributed by atoms with van der Waals surface area (Å²) >= 11 is 8.84. The lowest BCUT2D eigenvalue weighted by Crippen LogP contribution is -1.95.